The number of thioether (sulfide) groups is 1. The van der Waals surface area contributed by atoms with Gasteiger partial charge in [-0.05, 0) is 25.0 Å². The van der Waals surface area contributed by atoms with Crippen LogP contribution in [0.4, 0.5) is 0 Å². The minimum atomic E-state index is -0.427. The topological polar surface area (TPSA) is 80.1 Å². The van der Waals surface area contributed by atoms with Gasteiger partial charge in [0.2, 0.25) is 5.91 Å². The van der Waals surface area contributed by atoms with E-state index in [9.17, 15) is 9.59 Å². The molecule has 2 amide bonds. The first-order chi connectivity index (χ1) is 11.1. The Hall–Kier alpha value is -1.73. The maximum Gasteiger partial charge on any atom is 0.260 e. The smallest absolute Gasteiger partial charge is 0.260 e. The van der Waals surface area contributed by atoms with E-state index in [1.807, 2.05) is 0 Å². The third-order valence-electron chi connectivity index (χ3n) is 3.79. The van der Waals surface area contributed by atoms with Gasteiger partial charge >= 0.3 is 0 Å². The third-order valence-corrected chi connectivity index (χ3v) is 5.16. The molecule has 2 aliphatic heterocycles. The van der Waals surface area contributed by atoms with Gasteiger partial charge in [-0.2, -0.15) is 16.8 Å². The Morgan fingerprint density at radius 3 is 2.91 bits per heavy atom. The molecule has 23 heavy (non-hydrogen) atoms. The van der Waals surface area contributed by atoms with Gasteiger partial charge < -0.3 is 10.1 Å². The lowest BCUT2D eigenvalue weighted by molar-refractivity contribution is -0.119. The van der Waals surface area contributed by atoms with Crippen LogP contribution in [0.15, 0.2) is 33.9 Å². The molecule has 6 nitrogen and oxygen atoms in total. The Morgan fingerprint density at radius 2 is 2.17 bits per heavy atom. The van der Waals surface area contributed by atoms with Crippen LogP contribution in [-0.2, 0) is 14.3 Å². The molecular formula is C16H19N3O3S. The van der Waals surface area contributed by atoms with E-state index in [0.717, 1.165) is 26.1 Å². The average molecular weight is 333 g/mol. The van der Waals surface area contributed by atoms with E-state index in [0.29, 0.717) is 28.2 Å². The zero-order chi connectivity index (χ0) is 16.2. The molecule has 0 aromatic rings. The Kier molecular flexibility index (Phi) is 5.07. The van der Waals surface area contributed by atoms with Crippen molar-refractivity contribution in [1.29, 1.82) is 0 Å². The molecule has 0 radical (unpaired) electrons. The number of fused-ring (bicyclic) bond motifs is 1. The molecule has 3 aliphatic rings. The van der Waals surface area contributed by atoms with Crippen LogP contribution in [-0.4, -0.2) is 47.6 Å². The lowest BCUT2D eigenvalue weighted by Gasteiger charge is -2.23. The largest absolute Gasteiger partial charge is 0.381 e. The van der Waals surface area contributed by atoms with Crippen molar-refractivity contribution in [2.45, 2.75) is 25.0 Å². The van der Waals surface area contributed by atoms with E-state index in [2.05, 4.69) is 15.3 Å². The Bertz CT molecular complexity index is 630. The predicted molar refractivity (Wildman–Crippen MR) is 90.7 cm³/mol. The zero-order valence-electron chi connectivity index (χ0n) is 12.9. The molecule has 1 saturated heterocycles. The fraction of sp³-hybridized carbons (Fsp3) is 0.500. The van der Waals surface area contributed by atoms with Crippen LogP contribution in [0, 0.1) is 5.92 Å². The summed E-state index contributed by atoms with van der Waals surface area (Å²) < 4.78 is 5.35. The second-order valence-electron chi connectivity index (χ2n) is 5.64. The molecule has 1 unspecified atom stereocenters. The number of ether oxygens (including phenoxy) is 1. The first-order valence-corrected chi connectivity index (χ1v) is 8.73. The fourth-order valence-electron chi connectivity index (χ4n) is 2.66. The number of hydrogen-bond acceptors (Lipinski definition) is 5. The number of carbonyl (C=O) groups is 2. The Morgan fingerprint density at radius 1 is 1.39 bits per heavy atom. The van der Waals surface area contributed by atoms with Crippen LogP contribution < -0.4 is 5.32 Å². The SMILES string of the molecule is CC(=O)NC1=CC2=NC(CSC3CCOCC3)=NC(=O)C2C=C1. The first kappa shape index (κ1) is 16.1. The quantitative estimate of drug-likeness (QED) is 0.845. The molecule has 3 rings (SSSR count). The number of aliphatic imine (C=N–C) groups is 2. The van der Waals surface area contributed by atoms with Crippen molar-refractivity contribution in [1.82, 2.24) is 5.32 Å². The standard InChI is InChI=1S/C16H19N3O3S/c1-10(20)17-11-2-3-13-14(8-11)18-15(19-16(13)21)9-23-12-4-6-22-7-5-12/h2-3,8,12-13H,4-7,9H2,1H3,(H,17,20). The van der Waals surface area contributed by atoms with Gasteiger partial charge in [0.05, 0.1) is 11.5 Å². The summed E-state index contributed by atoms with van der Waals surface area (Å²) in [6.45, 7) is 3.05. The van der Waals surface area contributed by atoms with Gasteiger partial charge in [0.1, 0.15) is 11.8 Å². The molecule has 1 fully saturated rings. The molecule has 0 aromatic heterocycles. The molecule has 7 heteroatoms. The second-order valence-corrected chi connectivity index (χ2v) is 6.93. The molecule has 2 heterocycles. The lowest BCUT2D eigenvalue weighted by atomic mass is 9.95. The molecule has 122 valence electrons. The van der Waals surface area contributed by atoms with Crippen LogP contribution in [0.5, 0.6) is 0 Å². The summed E-state index contributed by atoms with van der Waals surface area (Å²) in [5.74, 6) is 0.424. The first-order valence-electron chi connectivity index (χ1n) is 7.68. The van der Waals surface area contributed by atoms with E-state index < -0.39 is 5.92 Å². The third kappa shape index (κ3) is 4.17. The van der Waals surface area contributed by atoms with Gasteiger partial charge in [0.25, 0.3) is 5.91 Å². The molecule has 0 saturated carbocycles. The predicted octanol–water partition coefficient (Wildman–Crippen LogP) is 1.48. The van der Waals surface area contributed by atoms with Gasteiger partial charge in [0, 0.05) is 31.1 Å². The van der Waals surface area contributed by atoms with E-state index in [1.165, 1.54) is 6.92 Å². The number of nitrogens with one attached hydrogen (secondary N) is 1. The zero-order valence-corrected chi connectivity index (χ0v) is 13.8. The van der Waals surface area contributed by atoms with Crippen LogP contribution in [0.25, 0.3) is 0 Å². The Labute approximate surface area is 139 Å². The molecular weight excluding hydrogens is 314 g/mol. The summed E-state index contributed by atoms with van der Waals surface area (Å²) in [5, 5.41) is 3.25. The van der Waals surface area contributed by atoms with Crippen molar-refractivity contribution in [3.05, 3.63) is 23.9 Å². The van der Waals surface area contributed by atoms with Crippen molar-refractivity contribution in [2.24, 2.45) is 15.9 Å². The minimum absolute atomic E-state index is 0.147. The molecule has 0 bridgehead atoms. The highest BCUT2D eigenvalue weighted by atomic mass is 32.2. The average Bonchev–Trinajstić information content (AvgIpc) is 2.53. The van der Waals surface area contributed by atoms with Gasteiger partial charge in [-0.1, -0.05) is 6.08 Å². The van der Waals surface area contributed by atoms with Crippen LogP contribution in [0.3, 0.4) is 0 Å². The van der Waals surface area contributed by atoms with Crippen molar-refractivity contribution < 1.29 is 14.3 Å². The number of rotatable bonds is 4. The number of allylic oxidation sites excluding steroid dienone is 2. The van der Waals surface area contributed by atoms with Crippen molar-refractivity contribution in [3.63, 3.8) is 0 Å². The summed E-state index contributed by atoms with van der Waals surface area (Å²) in [7, 11) is 0. The lowest BCUT2D eigenvalue weighted by Crippen LogP contribution is -2.31. The van der Waals surface area contributed by atoms with E-state index in [4.69, 9.17) is 4.74 Å². The fourth-order valence-corrected chi connectivity index (χ4v) is 3.70. The maximum absolute atomic E-state index is 12.2. The van der Waals surface area contributed by atoms with Gasteiger partial charge in [-0.3, -0.25) is 9.59 Å². The van der Waals surface area contributed by atoms with Gasteiger partial charge in [-0.25, -0.2) is 4.99 Å². The summed E-state index contributed by atoms with van der Waals surface area (Å²) in [5.41, 5.74) is 1.30. The number of nitrogens with zero attached hydrogens (tertiary/aromatic N) is 2. The van der Waals surface area contributed by atoms with Crippen molar-refractivity contribution in [2.75, 3.05) is 19.0 Å². The normalized spacial score (nSPS) is 24.5. The summed E-state index contributed by atoms with van der Waals surface area (Å²) in [6, 6.07) is 0. The molecule has 1 aliphatic carbocycles. The number of amides is 2. The second kappa shape index (κ2) is 7.23. The number of amidine groups is 1. The maximum atomic E-state index is 12.2. The minimum Gasteiger partial charge on any atom is -0.381 e. The summed E-state index contributed by atoms with van der Waals surface area (Å²) in [4.78, 5) is 31.9. The Balaban J connectivity index is 1.67. The van der Waals surface area contributed by atoms with Crippen LogP contribution >= 0.6 is 11.8 Å². The highest BCUT2D eigenvalue weighted by Gasteiger charge is 2.28. The van der Waals surface area contributed by atoms with Crippen LogP contribution in [0.1, 0.15) is 19.8 Å². The number of carbonyl (C=O) groups excluding carboxylic acids is 2. The van der Waals surface area contributed by atoms with Gasteiger partial charge in [-0.15, -0.1) is 0 Å². The molecule has 1 atom stereocenters. The van der Waals surface area contributed by atoms with Crippen molar-refractivity contribution >= 4 is 35.1 Å². The van der Waals surface area contributed by atoms with E-state index >= 15 is 0 Å². The van der Waals surface area contributed by atoms with E-state index in [-0.39, 0.29) is 11.8 Å². The molecule has 0 aromatic carbocycles. The monoisotopic (exact) mass is 333 g/mol. The highest BCUT2D eigenvalue weighted by Crippen LogP contribution is 2.24. The number of hydrogen-bond donors (Lipinski definition) is 1. The summed E-state index contributed by atoms with van der Waals surface area (Å²) in [6.07, 6.45) is 7.26. The summed E-state index contributed by atoms with van der Waals surface area (Å²) >= 11 is 1.78. The van der Waals surface area contributed by atoms with Gasteiger partial charge in [0.15, 0.2) is 0 Å². The van der Waals surface area contributed by atoms with E-state index in [1.54, 1.807) is 30.0 Å². The molecule has 0 spiro atoms. The molecule has 1 N–H and O–H groups in total. The highest BCUT2D eigenvalue weighted by molar-refractivity contribution is 8.00. The van der Waals surface area contributed by atoms with Crippen molar-refractivity contribution in [3.8, 4) is 0 Å². The van der Waals surface area contributed by atoms with Crippen LogP contribution in [0.2, 0.25) is 0 Å².